The quantitative estimate of drug-likeness (QED) is 0.385. The van der Waals surface area contributed by atoms with Crippen molar-refractivity contribution in [3.63, 3.8) is 0 Å². The van der Waals surface area contributed by atoms with E-state index in [0.29, 0.717) is 11.6 Å². The minimum Gasteiger partial charge on any atom is -0.483 e. The van der Waals surface area contributed by atoms with Crippen molar-refractivity contribution in [1.29, 1.82) is 0 Å². The summed E-state index contributed by atoms with van der Waals surface area (Å²) in [7, 11) is 1.73. The molecule has 74 valence electrons. The standard InChI is InChI=1S/C10H18N2O/c1-6-9(10(11)12-5)13-8(4)7(2)3/h6,8,12H,1-2,11H2,3-5H3/b10-9+. The molecule has 1 atom stereocenters. The molecule has 3 nitrogen and oxygen atoms in total. The smallest absolute Gasteiger partial charge is 0.159 e. The fourth-order valence-electron chi connectivity index (χ4n) is 0.636. The maximum absolute atomic E-state index is 5.62. The highest BCUT2D eigenvalue weighted by Crippen LogP contribution is 2.10. The summed E-state index contributed by atoms with van der Waals surface area (Å²) in [5, 5.41) is 2.79. The molecule has 0 heterocycles. The molecule has 3 heteroatoms. The average Bonchev–Trinajstić information content (AvgIpc) is 2.12. The van der Waals surface area contributed by atoms with Crippen LogP contribution in [0, 0.1) is 0 Å². The molecule has 0 saturated carbocycles. The van der Waals surface area contributed by atoms with Crippen molar-refractivity contribution in [2.75, 3.05) is 7.05 Å². The third kappa shape index (κ3) is 3.69. The first-order valence-electron chi connectivity index (χ1n) is 4.15. The van der Waals surface area contributed by atoms with Crippen LogP contribution in [0.25, 0.3) is 0 Å². The second-order valence-corrected chi connectivity index (χ2v) is 2.84. The average molecular weight is 182 g/mol. The Morgan fingerprint density at radius 1 is 1.62 bits per heavy atom. The first-order valence-corrected chi connectivity index (χ1v) is 4.15. The fourth-order valence-corrected chi connectivity index (χ4v) is 0.636. The van der Waals surface area contributed by atoms with Gasteiger partial charge in [0, 0.05) is 7.05 Å². The third-order valence-corrected chi connectivity index (χ3v) is 1.72. The van der Waals surface area contributed by atoms with Crippen LogP contribution in [0.15, 0.2) is 36.4 Å². The maximum Gasteiger partial charge on any atom is 0.159 e. The van der Waals surface area contributed by atoms with E-state index in [0.717, 1.165) is 5.57 Å². The van der Waals surface area contributed by atoms with Crippen LogP contribution in [-0.4, -0.2) is 13.2 Å². The number of rotatable bonds is 5. The lowest BCUT2D eigenvalue weighted by molar-refractivity contribution is 0.167. The predicted octanol–water partition coefficient (Wildman–Crippen LogP) is 1.50. The van der Waals surface area contributed by atoms with Gasteiger partial charge in [0.25, 0.3) is 0 Å². The van der Waals surface area contributed by atoms with Crippen molar-refractivity contribution in [3.8, 4) is 0 Å². The van der Waals surface area contributed by atoms with E-state index in [1.165, 1.54) is 0 Å². The van der Waals surface area contributed by atoms with Gasteiger partial charge in [-0.2, -0.15) is 0 Å². The van der Waals surface area contributed by atoms with Crippen molar-refractivity contribution in [2.45, 2.75) is 20.0 Å². The Hall–Kier alpha value is -1.38. The maximum atomic E-state index is 5.62. The molecule has 13 heavy (non-hydrogen) atoms. The zero-order chi connectivity index (χ0) is 10.4. The van der Waals surface area contributed by atoms with Crippen LogP contribution in [0.5, 0.6) is 0 Å². The Morgan fingerprint density at radius 3 is 2.46 bits per heavy atom. The van der Waals surface area contributed by atoms with Gasteiger partial charge >= 0.3 is 0 Å². The summed E-state index contributed by atoms with van der Waals surface area (Å²) in [5.74, 6) is 1.03. The molecule has 0 aromatic rings. The van der Waals surface area contributed by atoms with Crippen molar-refractivity contribution >= 4 is 0 Å². The number of nitrogens with two attached hydrogens (primary N) is 1. The van der Waals surface area contributed by atoms with E-state index in [1.54, 1.807) is 13.1 Å². The first-order chi connectivity index (χ1) is 6.02. The Labute approximate surface area is 80.0 Å². The monoisotopic (exact) mass is 182 g/mol. The van der Waals surface area contributed by atoms with Gasteiger partial charge in [0.2, 0.25) is 0 Å². The number of nitrogens with one attached hydrogen (secondary N) is 1. The minimum atomic E-state index is -0.0556. The van der Waals surface area contributed by atoms with Crippen LogP contribution in [0.2, 0.25) is 0 Å². The number of allylic oxidation sites excluding steroid dienone is 1. The molecule has 3 N–H and O–H groups in total. The fraction of sp³-hybridized carbons (Fsp3) is 0.400. The number of hydrogen-bond donors (Lipinski definition) is 2. The molecule has 0 aromatic carbocycles. The molecular formula is C10H18N2O. The molecule has 0 rings (SSSR count). The van der Waals surface area contributed by atoms with Crippen molar-refractivity contribution < 1.29 is 4.74 Å². The summed E-state index contributed by atoms with van der Waals surface area (Å²) in [6.07, 6.45) is 1.52. The Morgan fingerprint density at radius 2 is 2.15 bits per heavy atom. The minimum absolute atomic E-state index is 0.0556. The molecule has 0 fully saturated rings. The van der Waals surface area contributed by atoms with E-state index in [2.05, 4.69) is 18.5 Å². The van der Waals surface area contributed by atoms with Crippen LogP contribution < -0.4 is 11.1 Å². The van der Waals surface area contributed by atoms with Crippen LogP contribution >= 0.6 is 0 Å². The van der Waals surface area contributed by atoms with Crippen molar-refractivity contribution in [1.82, 2.24) is 5.32 Å². The van der Waals surface area contributed by atoms with Crippen LogP contribution in [0.1, 0.15) is 13.8 Å². The lowest BCUT2D eigenvalue weighted by Gasteiger charge is -2.16. The van der Waals surface area contributed by atoms with E-state index in [1.807, 2.05) is 13.8 Å². The first kappa shape index (κ1) is 11.6. The highest BCUT2D eigenvalue weighted by molar-refractivity contribution is 5.15. The molecule has 0 amide bonds. The summed E-state index contributed by atoms with van der Waals surface area (Å²) in [5.41, 5.74) is 6.57. The topological polar surface area (TPSA) is 47.3 Å². The van der Waals surface area contributed by atoms with Crippen molar-refractivity contribution in [2.24, 2.45) is 5.73 Å². The Kier molecular flexibility index (Phi) is 4.74. The van der Waals surface area contributed by atoms with Gasteiger partial charge in [-0.1, -0.05) is 13.2 Å². The van der Waals surface area contributed by atoms with Gasteiger partial charge in [0.15, 0.2) is 5.76 Å². The van der Waals surface area contributed by atoms with Gasteiger partial charge in [-0.25, -0.2) is 0 Å². The molecule has 0 saturated heterocycles. The van der Waals surface area contributed by atoms with Crippen LogP contribution in [-0.2, 0) is 4.74 Å². The van der Waals surface area contributed by atoms with Crippen LogP contribution in [0.4, 0.5) is 0 Å². The van der Waals surface area contributed by atoms with Gasteiger partial charge in [-0.15, -0.1) is 0 Å². The van der Waals surface area contributed by atoms with Gasteiger partial charge < -0.3 is 15.8 Å². The van der Waals surface area contributed by atoms with Crippen molar-refractivity contribution in [3.05, 3.63) is 36.4 Å². The highest BCUT2D eigenvalue weighted by Gasteiger charge is 2.06. The number of hydrogen-bond acceptors (Lipinski definition) is 3. The predicted molar refractivity (Wildman–Crippen MR) is 55.8 cm³/mol. The zero-order valence-electron chi connectivity index (χ0n) is 8.55. The highest BCUT2D eigenvalue weighted by atomic mass is 16.5. The van der Waals surface area contributed by atoms with E-state index < -0.39 is 0 Å². The van der Waals surface area contributed by atoms with Gasteiger partial charge in [0.1, 0.15) is 11.9 Å². The molecule has 0 aliphatic rings. The van der Waals surface area contributed by atoms with E-state index in [4.69, 9.17) is 10.5 Å². The SMILES string of the molecule is C=C/C(OC(C)C(=C)C)=C(/N)NC. The molecular weight excluding hydrogens is 164 g/mol. The number of ether oxygens (including phenoxy) is 1. The lowest BCUT2D eigenvalue weighted by atomic mass is 10.2. The van der Waals surface area contributed by atoms with E-state index in [-0.39, 0.29) is 6.10 Å². The molecule has 0 radical (unpaired) electrons. The summed E-state index contributed by atoms with van der Waals surface area (Å²) in [6, 6.07) is 0. The summed E-state index contributed by atoms with van der Waals surface area (Å²) in [4.78, 5) is 0. The second-order valence-electron chi connectivity index (χ2n) is 2.84. The molecule has 0 bridgehead atoms. The molecule has 0 spiro atoms. The normalized spacial score (nSPS) is 14.1. The van der Waals surface area contributed by atoms with Gasteiger partial charge in [-0.3, -0.25) is 0 Å². The lowest BCUT2D eigenvalue weighted by Crippen LogP contribution is -2.20. The third-order valence-electron chi connectivity index (χ3n) is 1.72. The molecule has 0 aliphatic carbocycles. The zero-order valence-corrected chi connectivity index (χ0v) is 8.55. The molecule has 0 aromatic heterocycles. The Bertz CT molecular complexity index is 231. The molecule has 0 aliphatic heterocycles. The summed E-state index contributed by atoms with van der Waals surface area (Å²) in [6.45, 7) is 11.2. The Balaban J connectivity index is 4.47. The van der Waals surface area contributed by atoms with Gasteiger partial charge in [-0.05, 0) is 25.5 Å². The largest absolute Gasteiger partial charge is 0.483 e. The van der Waals surface area contributed by atoms with E-state index in [9.17, 15) is 0 Å². The van der Waals surface area contributed by atoms with Gasteiger partial charge in [0.05, 0.1) is 0 Å². The second kappa shape index (κ2) is 5.30. The summed E-state index contributed by atoms with van der Waals surface area (Å²) >= 11 is 0. The van der Waals surface area contributed by atoms with E-state index >= 15 is 0 Å². The van der Waals surface area contributed by atoms with Crippen LogP contribution in [0.3, 0.4) is 0 Å². The molecule has 1 unspecified atom stereocenters. The summed E-state index contributed by atoms with van der Waals surface area (Å²) < 4.78 is 5.49.